The number of carbonyl (C=O) groups is 2. The first-order valence-electron chi connectivity index (χ1n) is 6.18. The number of hydrogen-bond donors (Lipinski definition) is 1. The first-order chi connectivity index (χ1) is 9.06. The molecular weight excluding hydrogens is 246 g/mol. The lowest BCUT2D eigenvalue weighted by molar-refractivity contribution is -0.139. The molecule has 19 heavy (non-hydrogen) atoms. The van der Waals surface area contributed by atoms with E-state index in [1.54, 1.807) is 23.0 Å². The molecule has 102 valence electrons. The summed E-state index contributed by atoms with van der Waals surface area (Å²) in [4.78, 5) is 30.0. The van der Waals surface area contributed by atoms with Crippen molar-refractivity contribution in [3.8, 4) is 0 Å². The van der Waals surface area contributed by atoms with Crippen molar-refractivity contribution in [2.45, 2.75) is 13.0 Å². The van der Waals surface area contributed by atoms with Crippen LogP contribution in [0.25, 0.3) is 0 Å². The summed E-state index contributed by atoms with van der Waals surface area (Å²) in [6.07, 6.45) is 1.83. The van der Waals surface area contributed by atoms with Crippen molar-refractivity contribution in [2.24, 2.45) is 5.92 Å². The topological polar surface area (TPSA) is 73.7 Å². The summed E-state index contributed by atoms with van der Waals surface area (Å²) >= 11 is 0. The van der Waals surface area contributed by atoms with Gasteiger partial charge < -0.3 is 14.9 Å². The number of urea groups is 1. The molecule has 6 heteroatoms. The quantitative estimate of drug-likeness (QED) is 0.880. The lowest BCUT2D eigenvalue weighted by Gasteiger charge is -2.40. The van der Waals surface area contributed by atoms with Crippen LogP contribution in [0.5, 0.6) is 0 Å². The van der Waals surface area contributed by atoms with Crippen molar-refractivity contribution in [1.29, 1.82) is 0 Å². The predicted molar refractivity (Wildman–Crippen MR) is 68.4 cm³/mol. The summed E-state index contributed by atoms with van der Waals surface area (Å²) in [6.45, 7) is 1.51. The van der Waals surface area contributed by atoms with E-state index in [9.17, 15) is 9.59 Å². The van der Waals surface area contributed by atoms with E-state index >= 15 is 0 Å². The van der Waals surface area contributed by atoms with Gasteiger partial charge in [-0.15, -0.1) is 0 Å². The van der Waals surface area contributed by atoms with Crippen LogP contribution in [-0.2, 0) is 11.3 Å². The average molecular weight is 263 g/mol. The molecule has 0 spiro atoms. The van der Waals surface area contributed by atoms with Gasteiger partial charge >= 0.3 is 12.0 Å². The van der Waals surface area contributed by atoms with Gasteiger partial charge in [-0.25, -0.2) is 4.79 Å². The van der Waals surface area contributed by atoms with E-state index in [4.69, 9.17) is 5.11 Å². The standard InChI is InChI=1S/C13H17N3O3/c1-15(9-11-4-2-3-5-14-11)13(19)16-7-10(8-16)6-12(17)18/h2-5,10H,6-9H2,1H3,(H,17,18). The monoisotopic (exact) mass is 263 g/mol. The van der Waals surface area contributed by atoms with Gasteiger partial charge in [0.1, 0.15) is 0 Å². The third-order valence-electron chi connectivity index (χ3n) is 3.14. The minimum absolute atomic E-state index is 0.0766. The Hall–Kier alpha value is -2.11. The van der Waals surface area contributed by atoms with Gasteiger partial charge in [0.05, 0.1) is 18.7 Å². The smallest absolute Gasteiger partial charge is 0.320 e. The first kappa shape index (κ1) is 13.3. The number of hydrogen-bond acceptors (Lipinski definition) is 3. The molecule has 0 aromatic carbocycles. The molecule has 0 aliphatic carbocycles. The highest BCUT2D eigenvalue weighted by molar-refractivity contribution is 5.75. The first-order valence-corrected chi connectivity index (χ1v) is 6.18. The second kappa shape index (κ2) is 5.69. The van der Waals surface area contributed by atoms with Gasteiger partial charge in [0.2, 0.25) is 0 Å². The molecular formula is C13H17N3O3. The molecule has 1 N–H and O–H groups in total. The maximum atomic E-state index is 12.0. The normalized spacial score (nSPS) is 14.9. The Morgan fingerprint density at radius 1 is 1.47 bits per heavy atom. The zero-order valence-electron chi connectivity index (χ0n) is 10.8. The van der Waals surface area contributed by atoms with E-state index in [0.717, 1.165) is 5.69 Å². The molecule has 0 radical (unpaired) electrons. The van der Waals surface area contributed by atoms with Crippen LogP contribution in [-0.4, -0.2) is 52.0 Å². The molecule has 1 fully saturated rings. The molecule has 2 heterocycles. The summed E-state index contributed by atoms with van der Waals surface area (Å²) in [5.74, 6) is -0.719. The summed E-state index contributed by atoms with van der Waals surface area (Å²) < 4.78 is 0. The third kappa shape index (κ3) is 3.43. The fourth-order valence-corrected chi connectivity index (χ4v) is 2.15. The van der Waals surface area contributed by atoms with Crippen molar-refractivity contribution >= 4 is 12.0 Å². The molecule has 1 aromatic heterocycles. The molecule has 2 amide bonds. The number of amides is 2. The second-order valence-electron chi connectivity index (χ2n) is 4.83. The van der Waals surface area contributed by atoms with E-state index in [2.05, 4.69) is 4.98 Å². The minimum Gasteiger partial charge on any atom is -0.481 e. The van der Waals surface area contributed by atoms with E-state index < -0.39 is 5.97 Å². The van der Waals surface area contributed by atoms with Crippen LogP contribution in [0.15, 0.2) is 24.4 Å². The molecule has 0 bridgehead atoms. The highest BCUT2D eigenvalue weighted by atomic mass is 16.4. The Labute approximate surface area is 111 Å². The predicted octanol–water partition coefficient (Wildman–Crippen LogP) is 1.04. The maximum Gasteiger partial charge on any atom is 0.320 e. The van der Waals surface area contributed by atoms with E-state index in [1.165, 1.54) is 0 Å². The van der Waals surface area contributed by atoms with Crippen LogP contribution in [0.3, 0.4) is 0 Å². The van der Waals surface area contributed by atoms with Gasteiger partial charge in [0.15, 0.2) is 0 Å². The minimum atomic E-state index is -0.807. The van der Waals surface area contributed by atoms with Gasteiger partial charge in [0.25, 0.3) is 0 Å². The van der Waals surface area contributed by atoms with Crippen LogP contribution in [0.4, 0.5) is 4.79 Å². The molecule has 0 saturated carbocycles. The average Bonchev–Trinajstić information content (AvgIpc) is 2.33. The van der Waals surface area contributed by atoms with Gasteiger partial charge in [-0.05, 0) is 12.1 Å². The maximum absolute atomic E-state index is 12.0. The molecule has 1 aliphatic rings. The molecule has 2 rings (SSSR count). The summed E-state index contributed by atoms with van der Waals surface area (Å²) in [7, 11) is 1.72. The van der Waals surface area contributed by atoms with Crippen molar-refractivity contribution in [3.05, 3.63) is 30.1 Å². The third-order valence-corrected chi connectivity index (χ3v) is 3.14. The Kier molecular flexibility index (Phi) is 3.99. The van der Waals surface area contributed by atoms with E-state index in [0.29, 0.717) is 19.6 Å². The summed E-state index contributed by atoms with van der Waals surface area (Å²) in [6, 6.07) is 5.50. The molecule has 1 saturated heterocycles. The van der Waals surface area contributed by atoms with E-state index in [-0.39, 0.29) is 18.4 Å². The van der Waals surface area contributed by atoms with Crippen LogP contribution >= 0.6 is 0 Å². The van der Waals surface area contributed by atoms with Crippen LogP contribution in [0.2, 0.25) is 0 Å². The lowest BCUT2D eigenvalue weighted by Crippen LogP contribution is -2.54. The largest absolute Gasteiger partial charge is 0.481 e. The second-order valence-corrected chi connectivity index (χ2v) is 4.83. The Morgan fingerprint density at radius 3 is 2.79 bits per heavy atom. The molecule has 0 unspecified atom stereocenters. The van der Waals surface area contributed by atoms with Crippen LogP contribution in [0.1, 0.15) is 12.1 Å². The fourth-order valence-electron chi connectivity index (χ4n) is 2.15. The Bertz CT molecular complexity index is 457. The van der Waals surface area contributed by atoms with Crippen LogP contribution in [0, 0.1) is 5.92 Å². The Morgan fingerprint density at radius 2 is 2.21 bits per heavy atom. The molecule has 0 atom stereocenters. The zero-order chi connectivity index (χ0) is 13.8. The van der Waals surface area contributed by atoms with Gasteiger partial charge in [-0.1, -0.05) is 6.07 Å². The number of carbonyl (C=O) groups excluding carboxylic acids is 1. The SMILES string of the molecule is CN(Cc1ccccn1)C(=O)N1CC(CC(=O)O)C1. The fraction of sp³-hybridized carbons (Fsp3) is 0.462. The van der Waals surface area contributed by atoms with Gasteiger partial charge in [-0.2, -0.15) is 0 Å². The summed E-state index contributed by atoms with van der Waals surface area (Å²) in [5, 5.41) is 8.66. The lowest BCUT2D eigenvalue weighted by atomic mass is 9.97. The van der Waals surface area contributed by atoms with E-state index in [1.807, 2.05) is 18.2 Å². The zero-order valence-corrected chi connectivity index (χ0v) is 10.8. The van der Waals surface area contributed by atoms with Crippen molar-refractivity contribution in [3.63, 3.8) is 0 Å². The number of carboxylic acid groups (broad SMARTS) is 1. The highest BCUT2D eigenvalue weighted by Gasteiger charge is 2.33. The van der Waals surface area contributed by atoms with Crippen molar-refractivity contribution in [2.75, 3.05) is 20.1 Å². The number of nitrogens with zero attached hydrogens (tertiary/aromatic N) is 3. The molecule has 1 aromatic rings. The summed E-state index contributed by atoms with van der Waals surface area (Å²) in [5.41, 5.74) is 0.834. The number of pyridine rings is 1. The number of rotatable bonds is 4. The van der Waals surface area contributed by atoms with Gasteiger partial charge in [0, 0.05) is 32.3 Å². The van der Waals surface area contributed by atoms with Crippen LogP contribution < -0.4 is 0 Å². The highest BCUT2D eigenvalue weighted by Crippen LogP contribution is 2.20. The van der Waals surface area contributed by atoms with Gasteiger partial charge in [-0.3, -0.25) is 9.78 Å². The number of aliphatic carboxylic acids is 1. The number of carboxylic acids is 1. The van der Waals surface area contributed by atoms with Crippen molar-refractivity contribution < 1.29 is 14.7 Å². The Balaban J connectivity index is 1.80. The number of likely N-dealkylation sites (tertiary alicyclic amines) is 1. The molecule has 1 aliphatic heterocycles. The molecule has 6 nitrogen and oxygen atoms in total. The number of aromatic nitrogens is 1. The van der Waals surface area contributed by atoms with Crippen molar-refractivity contribution in [1.82, 2.24) is 14.8 Å².